The first-order valence-electron chi connectivity index (χ1n) is 1.49. The smallest absolute Gasteiger partial charge is 0.156 e. The first-order chi connectivity index (χ1) is 2.77. The third kappa shape index (κ3) is 10.8. The van der Waals surface area contributed by atoms with Crippen LogP contribution in [0.5, 0.6) is 0 Å². The van der Waals surface area contributed by atoms with E-state index in [4.69, 9.17) is 0 Å². The van der Waals surface area contributed by atoms with Crippen molar-refractivity contribution in [1.29, 1.82) is 0 Å². The molecule has 0 unspecified atom stereocenters. The van der Waals surface area contributed by atoms with Crippen LogP contribution in [-0.4, -0.2) is 10.5 Å². The van der Waals surface area contributed by atoms with Gasteiger partial charge in [-0.1, -0.05) is 12.2 Å². The Morgan fingerprint density at radius 2 is 2.29 bits per heavy atom. The molecule has 0 aromatic carbocycles. The Hall–Kier alpha value is 0.629. The number of thiocarbonyl (C=S) groups is 1. The predicted molar refractivity (Wildman–Crippen MR) is 35.8 cm³/mol. The molecule has 0 aromatic rings. The van der Waals surface area contributed by atoms with Crippen LogP contribution >= 0.6 is 24.8 Å². The van der Waals surface area contributed by atoms with E-state index in [2.05, 4.69) is 29.8 Å². The van der Waals surface area contributed by atoms with Crippen molar-refractivity contribution in [2.75, 3.05) is 0 Å². The van der Waals surface area contributed by atoms with Gasteiger partial charge in [-0.25, -0.2) is 4.99 Å². The number of hydrogen-bond acceptors (Lipinski definition) is 1. The van der Waals surface area contributed by atoms with Gasteiger partial charge in [0.1, 0.15) is 0 Å². The summed E-state index contributed by atoms with van der Waals surface area (Å²) < 4.78 is 0.387. The summed E-state index contributed by atoms with van der Waals surface area (Å²) in [6.45, 7) is 1.79. The van der Waals surface area contributed by atoms with Gasteiger partial charge >= 0.3 is 0 Å². The predicted octanol–water partition coefficient (Wildman–Crippen LogP) is 1.29. The number of hydrogen-bond donors (Lipinski definition) is 1. The van der Waals surface area contributed by atoms with E-state index in [1.54, 1.807) is 13.1 Å². The fourth-order valence-electron chi connectivity index (χ4n) is 0.110. The zero-order valence-corrected chi connectivity index (χ0v) is 6.65. The van der Waals surface area contributed by atoms with Crippen LogP contribution in [0.4, 0.5) is 0 Å². The molecule has 0 saturated carbocycles. The molecule has 1 radical (unpaired) electrons. The van der Waals surface area contributed by atoms with Crippen LogP contribution in [0.2, 0.25) is 0 Å². The summed E-state index contributed by atoms with van der Waals surface area (Å²) in [5.41, 5.74) is 0. The van der Waals surface area contributed by atoms with Crippen LogP contribution in [0.3, 0.4) is 0 Å². The Balaban J connectivity index is 0. The van der Waals surface area contributed by atoms with E-state index in [1.807, 2.05) is 0 Å². The molecule has 0 saturated heterocycles. The van der Waals surface area contributed by atoms with Gasteiger partial charge in [0.15, 0.2) is 4.32 Å². The van der Waals surface area contributed by atoms with Crippen LogP contribution in [0.15, 0.2) is 4.99 Å². The van der Waals surface area contributed by atoms with Crippen LogP contribution < -0.4 is 0 Å². The van der Waals surface area contributed by atoms with Crippen molar-refractivity contribution in [3.05, 3.63) is 0 Å². The third-order valence-corrected chi connectivity index (χ3v) is 0.460. The van der Waals surface area contributed by atoms with Crippen molar-refractivity contribution >= 4 is 35.4 Å². The van der Waals surface area contributed by atoms with Gasteiger partial charge in [0, 0.05) is 23.3 Å². The van der Waals surface area contributed by atoms with Crippen LogP contribution in [0.25, 0.3) is 0 Å². The molecular weight excluding hydrogens is 169 g/mol. The van der Waals surface area contributed by atoms with E-state index in [0.29, 0.717) is 4.32 Å². The van der Waals surface area contributed by atoms with E-state index in [9.17, 15) is 0 Å². The average Bonchev–Trinajstić information content (AvgIpc) is 1.35. The summed E-state index contributed by atoms with van der Waals surface area (Å²) >= 11 is 8.17. The van der Waals surface area contributed by atoms with Crippen LogP contribution in [0, 0.1) is 0 Å². The van der Waals surface area contributed by atoms with Crippen molar-refractivity contribution in [3.8, 4) is 0 Å². The monoisotopic (exact) mass is 174 g/mol. The van der Waals surface area contributed by atoms with E-state index in [-0.39, 0.29) is 17.1 Å². The van der Waals surface area contributed by atoms with Crippen molar-refractivity contribution in [3.63, 3.8) is 0 Å². The number of nitrogens with zero attached hydrogens (tertiary/aromatic N) is 1. The Morgan fingerprint density at radius 3 is 2.29 bits per heavy atom. The topological polar surface area (TPSA) is 12.4 Å². The Labute approximate surface area is 64.5 Å². The van der Waals surface area contributed by atoms with Crippen molar-refractivity contribution in [2.24, 2.45) is 4.99 Å². The standard InChI is InChI=1S/C3H5NS2.Mn/c1-2-4-3(5)6;/h2H,1H3,(H,5,6);. The third-order valence-electron chi connectivity index (χ3n) is 0.240. The van der Waals surface area contributed by atoms with E-state index in [0.717, 1.165) is 0 Å². The summed E-state index contributed by atoms with van der Waals surface area (Å²) in [7, 11) is 0. The molecule has 4 heteroatoms. The van der Waals surface area contributed by atoms with Gasteiger partial charge in [0.05, 0.1) is 0 Å². The molecule has 0 aliphatic rings. The molecule has 0 N–H and O–H groups in total. The molecule has 7 heavy (non-hydrogen) atoms. The number of thiol groups is 1. The van der Waals surface area contributed by atoms with Gasteiger partial charge in [-0.3, -0.25) is 0 Å². The summed E-state index contributed by atoms with van der Waals surface area (Å²) in [5, 5.41) is 0. The van der Waals surface area contributed by atoms with E-state index in [1.165, 1.54) is 0 Å². The second-order valence-electron chi connectivity index (χ2n) is 0.670. The maximum absolute atomic E-state index is 4.46. The molecular formula is C3H5MnNS2. The molecule has 1 nitrogen and oxygen atoms in total. The normalized spacial score (nSPS) is 8.29. The molecule has 0 aliphatic carbocycles. The fraction of sp³-hybridized carbons (Fsp3) is 0.333. The van der Waals surface area contributed by atoms with E-state index >= 15 is 0 Å². The Bertz CT molecular complexity index is 81.0. The molecule has 0 atom stereocenters. The molecule has 0 fully saturated rings. The zero-order chi connectivity index (χ0) is 4.99. The molecule has 0 rings (SSSR count). The van der Waals surface area contributed by atoms with E-state index < -0.39 is 0 Å². The molecule has 41 valence electrons. The average molecular weight is 174 g/mol. The largest absolute Gasteiger partial charge is 0.243 e. The summed E-state index contributed by atoms with van der Waals surface area (Å²) in [5.74, 6) is 0. The second kappa shape index (κ2) is 6.63. The van der Waals surface area contributed by atoms with Gasteiger partial charge < -0.3 is 0 Å². The van der Waals surface area contributed by atoms with Crippen LogP contribution in [-0.2, 0) is 17.1 Å². The van der Waals surface area contributed by atoms with Gasteiger partial charge in [-0.15, -0.1) is 12.6 Å². The fourth-order valence-corrected chi connectivity index (χ4v) is 0.331. The molecule has 0 bridgehead atoms. The maximum Gasteiger partial charge on any atom is 0.156 e. The minimum atomic E-state index is 0. The summed E-state index contributed by atoms with van der Waals surface area (Å²) in [6, 6.07) is 0. The summed E-state index contributed by atoms with van der Waals surface area (Å²) in [4.78, 5) is 3.60. The van der Waals surface area contributed by atoms with Gasteiger partial charge in [0.2, 0.25) is 0 Å². The first kappa shape index (κ1) is 10.6. The molecule has 0 spiro atoms. The maximum atomic E-state index is 4.46. The number of rotatable bonds is 0. The Morgan fingerprint density at radius 1 is 1.86 bits per heavy atom. The number of aliphatic imine (C=N–C) groups is 1. The van der Waals surface area contributed by atoms with Crippen molar-refractivity contribution in [2.45, 2.75) is 6.92 Å². The Kier molecular flexibility index (Phi) is 10.0. The molecule has 0 aliphatic heterocycles. The SMILES string of the molecule is CC=NC(=S)S.[Mn]. The second-order valence-corrected chi connectivity index (χ2v) is 1.78. The van der Waals surface area contributed by atoms with Gasteiger partial charge in [0.25, 0.3) is 0 Å². The quantitative estimate of drug-likeness (QED) is 0.252. The molecule has 0 heterocycles. The summed E-state index contributed by atoms with van der Waals surface area (Å²) in [6.07, 6.45) is 1.61. The van der Waals surface area contributed by atoms with Gasteiger partial charge in [-0.05, 0) is 6.92 Å². The molecule has 0 aromatic heterocycles. The first-order valence-corrected chi connectivity index (χ1v) is 2.34. The van der Waals surface area contributed by atoms with Crippen molar-refractivity contribution in [1.82, 2.24) is 0 Å². The van der Waals surface area contributed by atoms with Crippen LogP contribution in [0.1, 0.15) is 6.92 Å². The zero-order valence-electron chi connectivity index (χ0n) is 3.76. The molecule has 0 amide bonds. The minimum absolute atomic E-state index is 0. The minimum Gasteiger partial charge on any atom is -0.243 e. The van der Waals surface area contributed by atoms with Crippen molar-refractivity contribution < 1.29 is 17.1 Å². The van der Waals surface area contributed by atoms with Gasteiger partial charge in [-0.2, -0.15) is 0 Å².